The van der Waals surface area contributed by atoms with Gasteiger partial charge in [0.05, 0.1) is 15.8 Å². The number of nitrogens with zero attached hydrogens (tertiary/aromatic N) is 1. The molecule has 3 aromatic rings. The average molecular weight is 558 g/mol. The predicted molar refractivity (Wildman–Crippen MR) is 156 cm³/mol. The fraction of sp³-hybridized carbons (Fsp3) is 0.333. The van der Waals surface area contributed by atoms with Gasteiger partial charge >= 0.3 is 0 Å². The molecule has 0 bridgehead atoms. The second-order valence-corrected chi connectivity index (χ2v) is 11.1. The zero-order valence-electron chi connectivity index (χ0n) is 21.5. The summed E-state index contributed by atoms with van der Waals surface area (Å²) in [5.74, 6) is 0.651. The summed E-state index contributed by atoms with van der Waals surface area (Å²) in [5, 5.41) is 4.11. The summed E-state index contributed by atoms with van der Waals surface area (Å²) in [6, 6.07) is 22.8. The molecule has 196 valence electrons. The van der Waals surface area contributed by atoms with E-state index in [1.54, 1.807) is 11.0 Å². The van der Waals surface area contributed by atoms with Crippen molar-refractivity contribution < 1.29 is 9.59 Å². The minimum absolute atomic E-state index is 0.0192. The Morgan fingerprint density at radius 3 is 2.32 bits per heavy atom. The van der Waals surface area contributed by atoms with Crippen LogP contribution in [-0.2, 0) is 28.3 Å². The normalized spacial score (nSPS) is 12.6. The summed E-state index contributed by atoms with van der Waals surface area (Å²) in [4.78, 5) is 29.0. The third-order valence-corrected chi connectivity index (χ3v) is 7.91. The van der Waals surface area contributed by atoms with Crippen LogP contribution in [0.4, 0.5) is 0 Å². The van der Waals surface area contributed by atoms with Crippen molar-refractivity contribution in [3.63, 3.8) is 0 Å². The second kappa shape index (κ2) is 14.5. The molecule has 3 aromatic carbocycles. The largest absolute Gasteiger partial charge is 0.352 e. The smallest absolute Gasteiger partial charge is 0.243 e. The van der Waals surface area contributed by atoms with Gasteiger partial charge in [-0.3, -0.25) is 9.59 Å². The van der Waals surface area contributed by atoms with E-state index in [1.165, 1.54) is 11.8 Å². The molecule has 0 aliphatic rings. The van der Waals surface area contributed by atoms with Gasteiger partial charge in [-0.25, -0.2) is 0 Å². The number of amides is 2. The van der Waals surface area contributed by atoms with Crippen LogP contribution in [0.25, 0.3) is 0 Å². The molecule has 0 heterocycles. The Labute approximate surface area is 234 Å². The zero-order valence-corrected chi connectivity index (χ0v) is 23.9. The Morgan fingerprint density at radius 2 is 1.65 bits per heavy atom. The van der Waals surface area contributed by atoms with Crippen molar-refractivity contribution in [3.05, 3.63) is 105 Å². The molecule has 2 atom stereocenters. The molecule has 0 unspecified atom stereocenters. The minimum atomic E-state index is -0.630. The van der Waals surface area contributed by atoms with Gasteiger partial charge < -0.3 is 10.2 Å². The first-order chi connectivity index (χ1) is 17.8. The average Bonchev–Trinajstić information content (AvgIpc) is 2.88. The number of hydrogen-bond donors (Lipinski definition) is 1. The Kier molecular flexibility index (Phi) is 11.4. The van der Waals surface area contributed by atoms with Crippen LogP contribution in [0.15, 0.2) is 72.8 Å². The van der Waals surface area contributed by atoms with Crippen LogP contribution in [0.5, 0.6) is 0 Å². The van der Waals surface area contributed by atoms with Crippen molar-refractivity contribution in [2.45, 2.75) is 58.0 Å². The highest BCUT2D eigenvalue weighted by molar-refractivity contribution is 7.99. The van der Waals surface area contributed by atoms with E-state index < -0.39 is 6.04 Å². The van der Waals surface area contributed by atoms with Crippen LogP contribution in [0.3, 0.4) is 0 Å². The van der Waals surface area contributed by atoms with E-state index in [-0.39, 0.29) is 23.6 Å². The summed E-state index contributed by atoms with van der Waals surface area (Å²) in [6.45, 7) is 6.41. The molecule has 0 aliphatic heterocycles. The quantitative estimate of drug-likeness (QED) is 0.259. The maximum Gasteiger partial charge on any atom is 0.243 e. The van der Waals surface area contributed by atoms with Crippen molar-refractivity contribution in [2.75, 3.05) is 5.75 Å². The number of carbonyl (C=O) groups is 2. The van der Waals surface area contributed by atoms with Gasteiger partial charge in [0.15, 0.2) is 0 Å². The van der Waals surface area contributed by atoms with Gasteiger partial charge in [-0.2, -0.15) is 0 Å². The van der Waals surface area contributed by atoms with Crippen molar-refractivity contribution in [1.82, 2.24) is 10.2 Å². The minimum Gasteiger partial charge on any atom is -0.352 e. The monoisotopic (exact) mass is 556 g/mol. The Balaban J connectivity index is 1.85. The van der Waals surface area contributed by atoms with Gasteiger partial charge in [0.1, 0.15) is 6.04 Å². The van der Waals surface area contributed by atoms with E-state index >= 15 is 0 Å². The highest BCUT2D eigenvalue weighted by Gasteiger charge is 2.30. The van der Waals surface area contributed by atoms with Crippen molar-refractivity contribution in [1.29, 1.82) is 0 Å². The molecule has 0 saturated heterocycles. The number of nitrogens with one attached hydrogen (secondary N) is 1. The van der Waals surface area contributed by atoms with Gasteiger partial charge in [-0.15, -0.1) is 11.8 Å². The summed E-state index contributed by atoms with van der Waals surface area (Å²) in [6.07, 6.45) is 1.26. The molecule has 7 heteroatoms. The first kappa shape index (κ1) is 29.1. The summed E-state index contributed by atoms with van der Waals surface area (Å²) in [7, 11) is 0. The lowest BCUT2D eigenvalue weighted by Gasteiger charge is -2.32. The Hall–Kier alpha value is -2.47. The van der Waals surface area contributed by atoms with Crippen LogP contribution in [0, 0.1) is 6.92 Å². The molecule has 37 heavy (non-hydrogen) atoms. The number of benzene rings is 3. The molecule has 0 radical (unpaired) electrons. The van der Waals surface area contributed by atoms with E-state index in [1.807, 2.05) is 81.4 Å². The number of hydrogen-bond acceptors (Lipinski definition) is 3. The molecule has 0 fully saturated rings. The van der Waals surface area contributed by atoms with Crippen LogP contribution >= 0.6 is 35.0 Å². The summed E-state index contributed by atoms with van der Waals surface area (Å²) >= 11 is 13.7. The first-order valence-corrected chi connectivity index (χ1v) is 14.4. The Bertz CT molecular complexity index is 1190. The molecule has 0 saturated carbocycles. The maximum atomic E-state index is 13.7. The lowest BCUT2D eigenvalue weighted by Crippen LogP contribution is -2.52. The molecule has 0 aromatic heterocycles. The van der Waals surface area contributed by atoms with E-state index in [0.29, 0.717) is 28.8 Å². The SMILES string of the molecule is CC[C@H](C)NC(=O)[C@H](Cc1ccccc1)N(Cc1cccc(C)c1)C(=O)CSCc1ccc(Cl)c(Cl)c1. The van der Waals surface area contributed by atoms with Gasteiger partial charge in [0.25, 0.3) is 0 Å². The van der Waals surface area contributed by atoms with E-state index in [2.05, 4.69) is 11.4 Å². The molecule has 0 aliphatic carbocycles. The van der Waals surface area contributed by atoms with Crippen molar-refractivity contribution in [3.8, 4) is 0 Å². The predicted octanol–water partition coefficient (Wildman–Crippen LogP) is 7.09. The fourth-order valence-corrected chi connectivity index (χ4v) is 5.15. The van der Waals surface area contributed by atoms with Crippen LogP contribution < -0.4 is 5.32 Å². The Morgan fingerprint density at radius 1 is 0.919 bits per heavy atom. The maximum absolute atomic E-state index is 13.7. The van der Waals surface area contributed by atoms with Gasteiger partial charge in [0.2, 0.25) is 11.8 Å². The lowest BCUT2D eigenvalue weighted by atomic mass is 10.0. The van der Waals surface area contributed by atoms with Crippen LogP contribution in [0.1, 0.15) is 42.5 Å². The van der Waals surface area contributed by atoms with Crippen molar-refractivity contribution in [2.24, 2.45) is 0 Å². The summed E-state index contributed by atoms with van der Waals surface area (Å²) < 4.78 is 0. The molecular weight excluding hydrogens is 523 g/mol. The molecule has 1 N–H and O–H groups in total. The van der Waals surface area contributed by atoms with Crippen LogP contribution in [0.2, 0.25) is 10.0 Å². The summed E-state index contributed by atoms with van der Waals surface area (Å²) in [5.41, 5.74) is 4.12. The van der Waals surface area contributed by atoms with Gasteiger partial charge in [-0.1, -0.05) is 96.4 Å². The third-order valence-electron chi connectivity index (χ3n) is 6.19. The first-order valence-electron chi connectivity index (χ1n) is 12.5. The van der Waals surface area contributed by atoms with E-state index in [0.717, 1.165) is 28.7 Å². The van der Waals surface area contributed by atoms with Gasteiger partial charge in [-0.05, 0) is 49.1 Å². The molecule has 4 nitrogen and oxygen atoms in total. The van der Waals surface area contributed by atoms with Crippen LogP contribution in [-0.4, -0.2) is 34.6 Å². The highest BCUT2D eigenvalue weighted by atomic mass is 35.5. The van der Waals surface area contributed by atoms with Crippen molar-refractivity contribution >= 4 is 46.8 Å². The number of carbonyl (C=O) groups excluding carboxylic acids is 2. The molecule has 3 rings (SSSR count). The molecule has 0 spiro atoms. The number of aryl methyl sites for hydroxylation is 1. The zero-order chi connectivity index (χ0) is 26.8. The van der Waals surface area contributed by atoms with E-state index in [9.17, 15) is 9.59 Å². The molecule has 2 amide bonds. The fourth-order valence-electron chi connectivity index (χ4n) is 3.97. The number of thioether (sulfide) groups is 1. The lowest BCUT2D eigenvalue weighted by molar-refractivity contribution is -0.139. The standard InChI is InChI=1S/C30H34Cl2N2O2S/c1-4-22(3)33-30(36)28(17-23-10-6-5-7-11-23)34(18-24-12-8-9-21(2)15-24)29(35)20-37-19-25-13-14-26(31)27(32)16-25/h5-16,22,28H,4,17-20H2,1-3H3,(H,33,36)/t22-,28-/m0/s1. The highest BCUT2D eigenvalue weighted by Crippen LogP contribution is 2.25. The third kappa shape index (κ3) is 9.10. The number of halogens is 2. The van der Waals surface area contributed by atoms with Gasteiger partial charge in [0, 0.05) is 24.8 Å². The second-order valence-electron chi connectivity index (χ2n) is 9.28. The van der Waals surface area contributed by atoms with E-state index in [4.69, 9.17) is 23.2 Å². The molecular formula is C30H34Cl2N2O2S. The number of rotatable bonds is 12. The topological polar surface area (TPSA) is 49.4 Å².